The molecule has 0 spiro atoms. The molecular formula is C13H13F5OS. The summed E-state index contributed by atoms with van der Waals surface area (Å²) in [5, 5.41) is -0.382. The molecule has 0 fully saturated rings. The number of hydrogen-bond donors (Lipinski definition) is 0. The summed E-state index contributed by atoms with van der Waals surface area (Å²) in [6, 6.07) is 8.07. The van der Waals surface area contributed by atoms with E-state index in [0.717, 1.165) is 0 Å². The van der Waals surface area contributed by atoms with Gasteiger partial charge in [-0.1, -0.05) is 42.1 Å². The summed E-state index contributed by atoms with van der Waals surface area (Å²) in [6.45, 7) is 0. The van der Waals surface area contributed by atoms with Gasteiger partial charge in [-0.3, -0.25) is 4.79 Å². The van der Waals surface area contributed by atoms with Gasteiger partial charge in [0.25, 0.3) is 12.3 Å². The quantitative estimate of drug-likeness (QED) is 0.686. The number of hydrogen-bond acceptors (Lipinski definition) is 2. The van der Waals surface area contributed by atoms with Crippen molar-refractivity contribution in [3.63, 3.8) is 0 Å². The molecule has 0 radical (unpaired) electrons. The van der Waals surface area contributed by atoms with Gasteiger partial charge in [0.15, 0.2) is 6.17 Å². The van der Waals surface area contributed by atoms with Crippen LogP contribution in [0.15, 0.2) is 30.3 Å². The zero-order chi connectivity index (χ0) is 15.2. The fraction of sp³-hybridized carbons (Fsp3) is 0.462. The van der Waals surface area contributed by atoms with Crippen LogP contribution in [-0.4, -0.2) is 29.4 Å². The first kappa shape index (κ1) is 16.9. The molecule has 7 heteroatoms. The summed E-state index contributed by atoms with van der Waals surface area (Å²) >= 11 is 0.663. The van der Waals surface area contributed by atoms with Crippen molar-refractivity contribution in [2.45, 2.75) is 31.4 Å². The van der Waals surface area contributed by atoms with Gasteiger partial charge in [-0.05, 0) is 0 Å². The summed E-state index contributed by atoms with van der Waals surface area (Å²) in [5.41, 5.74) is 0.372. The van der Waals surface area contributed by atoms with Crippen molar-refractivity contribution in [1.82, 2.24) is 0 Å². The molecular weight excluding hydrogens is 299 g/mol. The van der Waals surface area contributed by atoms with Crippen LogP contribution in [0.5, 0.6) is 0 Å². The number of thioether (sulfide) groups is 1. The molecule has 1 atom stereocenters. The van der Waals surface area contributed by atoms with E-state index in [9.17, 15) is 26.7 Å². The fourth-order valence-electron chi connectivity index (χ4n) is 1.43. The van der Waals surface area contributed by atoms with E-state index in [4.69, 9.17) is 0 Å². The molecule has 0 N–H and O–H groups in total. The second-order valence-corrected chi connectivity index (χ2v) is 5.23. The van der Waals surface area contributed by atoms with Crippen LogP contribution in [0.1, 0.15) is 23.2 Å². The van der Waals surface area contributed by atoms with E-state index < -0.39 is 31.4 Å². The van der Waals surface area contributed by atoms with E-state index in [2.05, 4.69) is 0 Å². The summed E-state index contributed by atoms with van der Waals surface area (Å²) in [4.78, 5) is 11.6. The molecule has 0 saturated carbocycles. The SMILES string of the molecule is O=C(SCCC(F)(F)CC(F)C(F)F)c1ccccc1. The van der Waals surface area contributed by atoms with Crippen molar-refractivity contribution in [2.75, 3.05) is 5.75 Å². The zero-order valence-corrected chi connectivity index (χ0v) is 11.2. The van der Waals surface area contributed by atoms with E-state index in [1.165, 1.54) is 0 Å². The highest BCUT2D eigenvalue weighted by molar-refractivity contribution is 8.14. The Morgan fingerprint density at radius 3 is 2.30 bits per heavy atom. The molecule has 0 bridgehead atoms. The van der Waals surface area contributed by atoms with Crippen molar-refractivity contribution < 1.29 is 26.7 Å². The summed E-state index contributed by atoms with van der Waals surface area (Å²) < 4.78 is 62.7. The van der Waals surface area contributed by atoms with Crippen molar-refractivity contribution in [3.8, 4) is 0 Å². The third-order valence-corrected chi connectivity index (χ3v) is 3.38. The molecule has 1 aromatic carbocycles. The van der Waals surface area contributed by atoms with Crippen LogP contribution in [0.25, 0.3) is 0 Å². The Morgan fingerprint density at radius 2 is 1.75 bits per heavy atom. The van der Waals surface area contributed by atoms with Gasteiger partial charge in [-0.15, -0.1) is 0 Å². The number of alkyl halides is 5. The van der Waals surface area contributed by atoms with Gasteiger partial charge in [0.1, 0.15) is 0 Å². The Morgan fingerprint density at radius 1 is 1.15 bits per heavy atom. The lowest BCUT2D eigenvalue weighted by Crippen LogP contribution is -2.26. The van der Waals surface area contributed by atoms with Crippen molar-refractivity contribution in [2.24, 2.45) is 0 Å². The topological polar surface area (TPSA) is 17.1 Å². The van der Waals surface area contributed by atoms with E-state index in [1.54, 1.807) is 30.3 Å². The maximum absolute atomic E-state index is 13.2. The smallest absolute Gasteiger partial charge is 0.269 e. The summed E-state index contributed by atoms with van der Waals surface area (Å²) in [5.74, 6) is -3.80. The first-order valence-corrected chi connectivity index (χ1v) is 6.82. The van der Waals surface area contributed by atoms with Crippen LogP contribution in [0, 0.1) is 0 Å². The molecule has 0 aliphatic rings. The lowest BCUT2D eigenvalue weighted by molar-refractivity contribution is -0.0619. The lowest BCUT2D eigenvalue weighted by Gasteiger charge is -2.17. The molecule has 1 rings (SSSR count). The maximum atomic E-state index is 13.2. The van der Waals surface area contributed by atoms with Crippen LogP contribution < -0.4 is 0 Å². The van der Waals surface area contributed by atoms with Gasteiger partial charge in [0.05, 0.1) is 0 Å². The van der Waals surface area contributed by atoms with Crippen LogP contribution in [0.3, 0.4) is 0 Å². The van der Waals surface area contributed by atoms with Gasteiger partial charge in [-0.25, -0.2) is 22.0 Å². The number of carbonyl (C=O) groups is 1. The molecule has 0 aliphatic carbocycles. The molecule has 0 aromatic heterocycles. The molecule has 1 aromatic rings. The standard InChI is InChI=1S/C13H13F5OS/c14-10(11(15)16)8-13(17,18)6-7-20-12(19)9-4-2-1-3-5-9/h1-5,10-11H,6-8H2. The molecule has 0 heterocycles. The molecule has 0 aliphatic heterocycles. The van der Waals surface area contributed by atoms with E-state index in [0.29, 0.717) is 17.3 Å². The predicted octanol–water partition coefficient (Wildman–Crippen LogP) is 4.58. The van der Waals surface area contributed by atoms with Gasteiger partial charge in [-0.2, -0.15) is 0 Å². The molecule has 0 saturated heterocycles. The normalized spacial score (nSPS) is 13.5. The van der Waals surface area contributed by atoms with E-state index in [-0.39, 0.29) is 10.9 Å². The average molecular weight is 312 g/mol. The highest BCUT2D eigenvalue weighted by Gasteiger charge is 2.36. The molecule has 20 heavy (non-hydrogen) atoms. The van der Waals surface area contributed by atoms with Crippen molar-refractivity contribution in [1.29, 1.82) is 0 Å². The molecule has 112 valence electrons. The Balaban J connectivity index is 2.38. The number of rotatable bonds is 7. The van der Waals surface area contributed by atoms with Crippen LogP contribution in [-0.2, 0) is 0 Å². The van der Waals surface area contributed by atoms with E-state index in [1.807, 2.05) is 0 Å². The minimum atomic E-state index is -3.54. The minimum absolute atomic E-state index is 0.253. The number of halogens is 5. The van der Waals surface area contributed by atoms with Crippen LogP contribution >= 0.6 is 11.8 Å². The maximum Gasteiger partial charge on any atom is 0.269 e. The first-order chi connectivity index (χ1) is 9.32. The molecule has 1 nitrogen and oxygen atoms in total. The average Bonchev–Trinajstić information content (AvgIpc) is 2.38. The Bertz CT molecular complexity index is 424. The monoisotopic (exact) mass is 312 g/mol. The van der Waals surface area contributed by atoms with Crippen molar-refractivity contribution in [3.05, 3.63) is 35.9 Å². The highest BCUT2D eigenvalue weighted by atomic mass is 32.2. The zero-order valence-electron chi connectivity index (χ0n) is 10.4. The molecule has 1 unspecified atom stereocenters. The predicted molar refractivity (Wildman–Crippen MR) is 68.3 cm³/mol. The van der Waals surface area contributed by atoms with E-state index >= 15 is 0 Å². The molecule has 0 amide bonds. The minimum Gasteiger partial charge on any atom is -0.282 e. The van der Waals surface area contributed by atoms with Crippen LogP contribution in [0.2, 0.25) is 0 Å². The second kappa shape index (κ2) is 7.61. The second-order valence-electron chi connectivity index (χ2n) is 4.16. The van der Waals surface area contributed by atoms with Crippen LogP contribution in [0.4, 0.5) is 22.0 Å². The third-order valence-electron chi connectivity index (χ3n) is 2.48. The summed E-state index contributed by atoms with van der Waals surface area (Å²) in [7, 11) is 0. The third kappa shape index (κ3) is 5.90. The highest BCUT2D eigenvalue weighted by Crippen LogP contribution is 2.30. The van der Waals surface area contributed by atoms with Gasteiger partial charge in [0, 0.05) is 24.2 Å². The summed E-state index contributed by atoms with van der Waals surface area (Å²) in [6.07, 6.45) is -8.60. The fourth-order valence-corrected chi connectivity index (χ4v) is 2.32. The Hall–Kier alpha value is -1.11. The number of benzene rings is 1. The Labute approximate surface area is 117 Å². The number of carbonyl (C=O) groups excluding carboxylic acids is 1. The Kier molecular flexibility index (Phi) is 6.45. The van der Waals surface area contributed by atoms with Gasteiger partial charge in [0.2, 0.25) is 5.12 Å². The van der Waals surface area contributed by atoms with Crippen molar-refractivity contribution >= 4 is 16.9 Å². The van der Waals surface area contributed by atoms with Gasteiger partial charge < -0.3 is 0 Å². The lowest BCUT2D eigenvalue weighted by atomic mass is 10.1. The first-order valence-electron chi connectivity index (χ1n) is 5.84. The van der Waals surface area contributed by atoms with Gasteiger partial charge >= 0.3 is 0 Å². The largest absolute Gasteiger partial charge is 0.282 e.